The van der Waals surface area contributed by atoms with Gasteiger partial charge in [-0.05, 0) is 70.8 Å². The molecule has 38 heavy (non-hydrogen) atoms. The summed E-state index contributed by atoms with van der Waals surface area (Å²) in [5.41, 5.74) is 3.37. The van der Waals surface area contributed by atoms with Crippen molar-refractivity contribution >= 4 is 38.0 Å². The van der Waals surface area contributed by atoms with Gasteiger partial charge < -0.3 is 4.90 Å². The number of hydrogen-bond acceptors (Lipinski definition) is 4. The molecule has 1 atom stereocenters. The Morgan fingerprint density at radius 1 is 0.974 bits per heavy atom. The molecule has 0 spiro atoms. The lowest BCUT2D eigenvalue weighted by molar-refractivity contribution is -0.133. The summed E-state index contributed by atoms with van der Waals surface area (Å²) in [7, 11) is -3.86. The summed E-state index contributed by atoms with van der Waals surface area (Å²) < 4.78 is 29.2. The molecule has 1 amide bonds. The molecule has 3 aromatic carbocycles. The number of sulfonamides is 1. The molecule has 0 aliphatic carbocycles. The molecule has 198 valence electrons. The maximum atomic E-state index is 14.0. The monoisotopic (exact) mass is 546 g/mol. The largest absolute Gasteiger partial charge is 0.330 e. The summed E-state index contributed by atoms with van der Waals surface area (Å²) >= 11 is 1.73. The minimum atomic E-state index is -3.86. The molecule has 0 saturated heterocycles. The van der Waals surface area contributed by atoms with Gasteiger partial charge in [0, 0.05) is 18.0 Å². The highest BCUT2D eigenvalue weighted by Crippen LogP contribution is 2.39. The highest BCUT2D eigenvalue weighted by molar-refractivity contribution is 7.89. The smallest absolute Gasteiger partial charge is 0.243 e. The zero-order valence-corrected chi connectivity index (χ0v) is 23.6. The van der Waals surface area contributed by atoms with Crippen molar-refractivity contribution in [1.29, 1.82) is 0 Å². The summed E-state index contributed by atoms with van der Waals surface area (Å²) in [4.78, 5) is 17.4. The lowest BCUT2D eigenvalue weighted by atomic mass is 9.90. The fourth-order valence-corrected chi connectivity index (χ4v) is 7.72. The summed E-state index contributed by atoms with van der Waals surface area (Å²) in [6, 6.07) is 23.0. The number of thiophene rings is 1. The maximum absolute atomic E-state index is 14.0. The molecular formula is C31H34N2O3S2. The topological polar surface area (TPSA) is 57.7 Å². The molecule has 0 N–H and O–H groups in total. The number of fused-ring (bicyclic) bond motifs is 2. The van der Waals surface area contributed by atoms with Gasteiger partial charge in [0.05, 0.1) is 17.5 Å². The van der Waals surface area contributed by atoms with Gasteiger partial charge in [0.25, 0.3) is 0 Å². The summed E-state index contributed by atoms with van der Waals surface area (Å²) in [5.74, 6) is -0.157. The Labute approximate surface area is 229 Å². The van der Waals surface area contributed by atoms with Crippen LogP contribution in [0.5, 0.6) is 0 Å². The van der Waals surface area contributed by atoms with E-state index in [0.29, 0.717) is 19.5 Å². The van der Waals surface area contributed by atoms with E-state index in [1.54, 1.807) is 23.5 Å². The Balaban J connectivity index is 1.47. The molecule has 1 unspecified atom stereocenters. The Kier molecular flexibility index (Phi) is 7.98. The average molecular weight is 547 g/mol. The third-order valence-corrected chi connectivity index (χ3v) is 10.3. The number of benzene rings is 3. The van der Waals surface area contributed by atoms with Crippen LogP contribution in [0.15, 0.2) is 83.1 Å². The van der Waals surface area contributed by atoms with Crippen LogP contribution < -0.4 is 0 Å². The lowest BCUT2D eigenvalue weighted by Gasteiger charge is -2.38. The molecule has 5 rings (SSSR count). The van der Waals surface area contributed by atoms with Crippen molar-refractivity contribution < 1.29 is 13.2 Å². The zero-order valence-electron chi connectivity index (χ0n) is 22.0. The molecule has 0 saturated carbocycles. The van der Waals surface area contributed by atoms with E-state index in [0.717, 1.165) is 46.7 Å². The molecule has 4 aromatic rings. The van der Waals surface area contributed by atoms with Gasteiger partial charge in [-0.3, -0.25) is 4.79 Å². The number of hydrogen-bond donors (Lipinski definition) is 0. The summed E-state index contributed by atoms with van der Waals surface area (Å²) in [5, 5.41) is 3.94. The minimum Gasteiger partial charge on any atom is -0.330 e. The van der Waals surface area contributed by atoms with Crippen molar-refractivity contribution in [3.63, 3.8) is 0 Å². The van der Waals surface area contributed by atoms with E-state index in [9.17, 15) is 13.2 Å². The van der Waals surface area contributed by atoms with E-state index in [-0.39, 0.29) is 23.4 Å². The van der Waals surface area contributed by atoms with Crippen molar-refractivity contribution in [2.75, 3.05) is 19.6 Å². The predicted molar refractivity (Wildman–Crippen MR) is 155 cm³/mol. The maximum Gasteiger partial charge on any atom is 0.243 e. The van der Waals surface area contributed by atoms with Gasteiger partial charge in [-0.25, -0.2) is 8.42 Å². The van der Waals surface area contributed by atoms with Crippen molar-refractivity contribution in [3.05, 3.63) is 99.7 Å². The van der Waals surface area contributed by atoms with Gasteiger partial charge in [-0.1, -0.05) is 74.4 Å². The molecule has 1 aliphatic heterocycles. The molecule has 1 aromatic heterocycles. The van der Waals surface area contributed by atoms with Crippen LogP contribution in [0.2, 0.25) is 0 Å². The molecule has 0 fully saturated rings. The van der Waals surface area contributed by atoms with Crippen LogP contribution in [0.3, 0.4) is 0 Å². The van der Waals surface area contributed by atoms with Crippen LogP contribution in [0.4, 0.5) is 0 Å². The SMILES string of the molecule is CCCCCN(CC(=O)N1CCc2sccc2C1c1ccccc1C)S(=O)(=O)c1ccc2ccccc2c1. The van der Waals surface area contributed by atoms with E-state index in [4.69, 9.17) is 0 Å². The molecule has 1 aliphatic rings. The van der Waals surface area contributed by atoms with Crippen LogP contribution in [0, 0.1) is 6.92 Å². The van der Waals surface area contributed by atoms with E-state index in [1.807, 2.05) is 47.4 Å². The number of nitrogens with zero attached hydrogens (tertiary/aromatic N) is 2. The van der Waals surface area contributed by atoms with E-state index in [1.165, 1.54) is 9.18 Å². The van der Waals surface area contributed by atoms with Crippen molar-refractivity contribution in [2.24, 2.45) is 0 Å². The van der Waals surface area contributed by atoms with Crippen molar-refractivity contribution in [3.8, 4) is 0 Å². The van der Waals surface area contributed by atoms with Gasteiger partial charge in [-0.15, -0.1) is 11.3 Å². The molecule has 2 heterocycles. The fraction of sp³-hybridized carbons (Fsp3) is 0.323. The van der Waals surface area contributed by atoms with Crippen LogP contribution in [0.25, 0.3) is 10.8 Å². The van der Waals surface area contributed by atoms with Gasteiger partial charge in [0.15, 0.2) is 0 Å². The molecular weight excluding hydrogens is 512 g/mol. The van der Waals surface area contributed by atoms with Gasteiger partial charge in [0.1, 0.15) is 0 Å². The van der Waals surface area contributed by atoms with Gasteiger partial charge >= 0.3 is 0 Å². The Hall–Kier alpha value is -3.00. The Bertz CT molecular complexity index is 1540. The number of rotatable bonds is 9. The van der Waals surface area contributed by atoms with Crippen molar-refractivity contribution in [1.82, 2.24) is 9.21 Å². The number of carbonyl (C=O) groups excluding carboxylic acids is 1. The second-order valence-electron chi connectivity index (χ2n) is 9.95. The van der Waals surface area contributed by atoms with Gasteiger partial charge in [-0.2, -0.15) is 4.31 Å². The first kappa shape index (κ1) is 26.6. The minimum absolute atomic E-state index is 0.157. The Morgan fingerprint density at radius 2 is 1.74 bits per heavy atom. The lowest BCUT2D eigenvalue weighted by Crippen LogP contribution is -2.47. The van der Waals surface area contributed by atoms with Crippen LogP contribution >= 0.6 is 11.3 Å². The Morgan fingerprint density at radius 3 is 2.53 bits per heavy atom. The highest BCUT2D eigenvalue weighted by Gasteiger charge is 2.36. The molecule has 0 bridgehead atoms. The molecule has 7 heteroatoms. The molecule has 5 nitrogen and oxygen atoms in total. The van der Waals surface area contributed by atoms with Crippen molar-refractivity contribution in [2.45, 2.75) is 50.5 Å². The summed E-state index contributed by atoms with van der Waals surface area (Å²) in [6.45, 7) is 4.89. The first-order chi connectivity index (χ1) is 18.4. The van der Waals surface area contributed by atoms with E-state index < -0.39 is 10.0 Å². The second kappa shape index (κ2) is 11.4. The number of unbranched alkanes of at least 4 members (excludes halogenated alkanes) is 2. The normalized spacial score (nSPS) is 15.7. The third-order valence-electron chi connectivity index (χ3n) is 7.45. The average Bonchev–Trinajstić information content (AvgIpc) is 3.41. The quantitative estimate of drug-likeness (QED) is 0.223. The highest BCUT2D eigenvalue weighted by atomic mass is 32.2. The molecule has 0 radical (unpaired) electrons. The van der Waals surface area contributed by atoms with Gasteiger partial charge in [0.2, 0.25) is 15.9 Å². The number of aryl methyl sites for hydroxylation is 1. The standard InChI is InChI=1S/C31H34N2O3S2/c1-3-4-9-18-32(38(35,36)26-15-14-24-11-6-7-12-25(24)21-26)22-30(34)33-19-16-29-28(17-20-37-29)31(33)27-13-8-5-10-23(27)2/h5-8,10-15,17,20-21,31H,3-4,9,16,18-19,22H2,1-2H3. The predicted octanol–water partition coefficient (Wildman–Crippen LogP) is 6.56. The number of carbonyl (C=O) groups is 1. The van der Waals surface area contributed by atoms with Crippen LogP contribution in [-0.4, -0.2) is 43.2 Å². The first-order valence-corrected chi connectivity index (χ1v) is 15.6. The first-order valence-electron chi connectivity index (χ1n) is 13.3. The zero-order chi connectivity index (χ0) is 26.7. The van der Waals surface area contributed by atoms with E-state index in [2.05, 4.69) is 37.4 Å². The van der Waals surface area contributed by atoms with Crippen LogP contribution in [0.1, 0.15) is 53.8 Å². The third kappa shape index (κ3) is 5.28. The number of amides is 1. The fourth-order valence-electron chi connectivity index (χ4n) is 5.36. The van der Waals surface area contributed by atoms with E-state index >= 15 is 0 Å². The second-order valence-corrected chi connectivity index (χ2v) is 12.9. The summed E-state index contributed by atoms with van der Waals surface area (Å²) in [6.07, 6.45) is 3.38. The van der Waals surface area contributed by atoms with Crippen LogP contribution in [-0.2, 0) is 21.2 Å².